The Labute approximate surface area is 84.5 Å². The van der Waals surface area contributed by atoms with Crippen LogP contribution in [-0.4, -0.2) is 66.2 Å². The smallest absolute Gasteiger partial charge is 0.239 e. The Kier molecular flexibility index (Phi) is 4.31. The highest BCUT2D eigenvalue weighted by Crippen LogP contribution is 2.02. The van der Waals surface area contributed by atoms with Crippen LogP contribution in [-0.2, 0) is 4.79 Å². The van der Waals surface area contributed by atoms with E-state index in [1.807, 2.05) is 0 Å². The number of aliphatic hydroxyl groups excluding tert-OH is 1. The maximum absolute atomic E-state index is 11.5. The Morgan fingerprint density at radius 2 is 2.00 bits per heavy atom. The summed E-state index contributed by atoms with van der Waals surface area (Å²) in [7, 11) is 0. The molecule has 3 N–H and O–H groups in total. The second-order valence-corrected chi connectivity index (χ2v) is 3.68. The number of nitrogens with zero attached hydrogens (tertiary/aromatic N) is 2. The quantitative estimate of drug-likeness (QED) is 0.581. The molecule has 1 rings (SSSR count). The summed E-state index contributed by atoms with van der Waals surface area (Å²) in [6.45, 7) is 5.70. The molecule has 0 spiro atoms. The van der Waals surface area contributed by atoms with Crippen LogP contribution in [0.2, 0.25) is 0 Å². The first-order valence-corrected chi connectivity index (χ1v) is 5.02. The van der Waals surface area contributed by atoms with Gasteiger partial charge in [-0.2, -0.15) is 0 Å². The highest BCUT2D eigenvalue weighted by atomic mass is 16.3. The Morgan fingerprint density at radius 3 is 2.43 bits per heavy atom. The van der Waals surface area contributed by atoms with Crippen molar-refractivity contribution in [3.8, 4) is 0 Å². The molecule has 82 valence electrons. The topological polar surface area (TPSA) is 69.8 Å². The first-order chi connectivity index (χ1) is 6.65. The number of carbonyl (C=O) groups is 1. The third-order valence-electron chi connectivity index (χ3n) is 2.49. The summed E-state index contributed by atoms with van der Waals surface area (Å²) in [5, 5.41) is 8.74. The van der Waals surface area contributed by atoms with Gasteiger partial charge in [-0.1, -0.05) is 0 Å². The molecule has 1 atom stereocenters. The Balaban J connectivity index is 2.32. The van der Waals surface area contributed by atoms with Gasteiger partial charge in [0, 0.05) is 32.7 Å². The zero-order valence-corrected chi connectivity index (χ0v) is 8.65. The van der Waals surface area contributed by atoms with E-state index in [4.69, 9.17) is 10.8 Å². The van der Waals surface area contributed by atoms with Gasteiger partial charge in [0.05, 0.1) is 12.6 Å². The fourth-order valence-corrected chi connectivity index (χ4v) is 1.62. The summed E-state index contributed by atoms with van der Waals surface area (Å²) in [4.78, 5) is 15.4. The average Bonchev–Trinajstić information content (AvgIpc) is 2.18. The van der Waals surface area contributed by atoms with Gasteiger partial charge >= 0.3 is 0 Å². The van der Waals surface area contributed by atoms with Crippen LogP contribution in [0.5, 0.6) is 0 Å². The standard InChI is InChI=1S/C9H19N3O2/c1-8(10)9(14)12-4-2-11(3-5-12)6-7-13/h8,13H,2-7,10H2,1H3. The van der Waals surface area contributed by atoms with Gasteiger partial charge in [-0.05, 0) is 6.92 Å². The maximum Gasteiger partial charge on any atom is 0.239 e. The Bertz CT molecular complexity index is 188. The van der Waals surface area contributed by atoms with Gasteiger partial charge in [0.2, 0.25) is 5.91 Å². The van der Waals surface area contributed by atoms with E-state index in [-0.39, 0.29) is 12.5 Å². The van der Waals surface area contributed by atoms with Gasteiger partial charge in [-0.25, -0.2) is 0 Å². The van der Waals surface area contributed by atoms with Crippen molar-refractivity contribution < 1.29 is 9.90 Å². The van der Waals surface area contributed by atoms with Crippen molar-refractivity contribution in [1.29, 1.82) is 0 Å². The first kappa shape index (κ1) is 11.4. The number of rotatable bonds is 3. The second-order valence-electron chi connectivity index (χ2n) is 3.68. The van der Waals surface area contributed by atoms with Gasteiger partial charge in [-0.3, -0.25) is 9.69 Å². The summed E-state index contributed by atoms with van der Waals surface area (Å²) in [5.74, 6) is 0.0219. The third-order valence-corrected chi connectivity index (χ3v) is 2.49. The zero-order valence-electron chi connectivity index (χ0n) is 8.65. The normalized spacial score (nSPS) is 20.9. The van der Waals surface area contributed by atoms with Crippen LogP contribution in [0.25, 0.3) is 0 Å². The van der Waals surface area contributed by atoms with Crippen LogP contribution in [0.4, 0.5) is 0 Å². The lowest BCUT2D eigenvalue weighted by molar-refractivity contribution is -0.133. The molecule has 5 heteroatoms. The zero-order chi connectivity index (χ0) is 10.6. The van der Waals surface area contributed by atoms with Gasteiger partial charge in [0.15, 0.2) is 0 Å². The van der Waals surface area contributed by atoms with E-state index in [0.29, 0.717) is 6.54 Å². The predicted octanol–water partition coefficient (Wildman–Crippen LogP) is -1.53. The molecule has 1 aliphatic rings. The molecule has 1 saturated heterocycles. The summed E-state index contributed by atoms with van der Waals surface area (Å²) >= 11 is 0. The molecule has 1 aliphatic heterocycles. The van der Waals surface area contributed by atoms with Crippen molar-refractivity contribution in [3.05, 3.63) is 0 Å². The molecule has 5 nitrogen and oxygen atoms in total. The van der Waals surface area contributed by atoms with Crippen molar-refractivity contribution in [3.63, 3.8) is 0 Å². The van der Waals surface area contributed by atoms with Gasteiger partial charge < -0.3 is 15.7 Å². The van der Waals surface area contributed by atoms with Gasteiger partial charge in [0.25, 0.3) is 0 Å². The molecule has 1 heterocycles. The number of hydrogen-bond acceptors (Lipinski definition) is 4. The SMILES string of the molecule is CC(N)C(=O)N1CCN(CCO)CC1. The van der Waals surface area contributed by atoms with Gasteiger partial charge in [-0.15, -0.1) is 0 Å². The number of amides is 1. The average molecular weight is 201 g/mol. The number of nitrogens with two attached hydrogens (primary N) is 1. The minimum Gasteiger partial charge on any atom is -0.395 e. The number of piperazine rings is 1. The molecule has 1 fully saturated rings. The second kappa shape index (κ2) is 5.29. The summed E-state index contributed by atoms with van der Waals surface area (Å²) in [5.41, 5.74) is 5.52. The van der Waals surface area contributed by atoms with Crippen molar-refractivity contribution in [2.75, 3.05) is 39.3 Å². The first-order valence-electron chi connectivity index (χ1n) is 5.02. The van der Waals surface area contributed by atoms with E-state index in [2.05, 4.69) is 4.90 Å². The lowest BCUT2D eigenvalue weighted by atomic mass is 10.2. The lowest BCUT2D eigenvalue weighted by Gasteiger charge is -2.35. The molecule has 14 heavy (non-hydrogen) atoms. The summed E-state index contributed by atoms with van der Waals surface area (Å²) in [6, 6.07) is -0.403. The molecule has 0 aromatic rings. The van der Waals surface area contributed by atoms with Crippen LogP contribution >= 0.6 is 0 Å². The molecule has 0 bridgehead atoms. The van der Waals surface area contributed by atoms with Crippen LogP contribution < -0.4 is 5.73 Å². The lowest BCUT2D eigenvalue weighted by Crippen LogP contribution is -2.52. The van der Waals surface area contributed by atoms with Crippen molar-refractivity contribution in [2.45, 2.75) is 13.0 Å². The molecule has 0 saturated carbocycles. The van der Waals surface area contributed by atoms with E-state index in [1.54, 1.807) is 11.8 Å². The number of carbonyl (C=O) groups excluding carboxylic acids is 1. The maximum atomic E-state index is 11.5. The number of hydrogen-bond donors (Lipinski definition) is 2. The highest BCUT2D eigenvalue weighted by Gasteiger charge is 2.22. The van der Waals surface area contributed by atoms with Crippen molar-refractivity contribution >= 4 is 5.91 Å². The Morgan fingerprint density at radius 1 is 1.43 bits per heavy atom. The molecule has 0 aromatic carbocycles. The van der Waals surface area contributed by atoms with Crippen LogP contribution in [0.1, 0.15) is 6.92 Å². The van der Waals surface area contributed by atoms with Crippen LogP contribution in [0.3, 0.4) is 0 Å². The molecule has 1 amide bonds. The third kappa shape index (κ3) is 2.94. The van der Waals surface area contributed by atoms with E-state index < -0.39 is 6.04 Å². The minimum absolute atomic E-state index is 0.0219. The predicted molar refractivity (Wildman–Crippen MR) is 53.8 cm³/mol. The van der Waals surface area contributed by atoms with Crippen molar-refractivity contribution in [1.82, 2.24) is 9.80 Å². The number of aliphatic hydroxyl groups is 1. The van der Waals surface area contributed by atoms with Gasteiger partial charge in [0.1, 0.15) is 0 Å². The number of β-amino-alcohol motifs (C(OH)–C–C–N with tert-alkyl or cyclic N) is 1. The fourth-order valence-electron chi connectivity index (χ4n) is 1.62. The molecule has 0 aliphatic carbocycles. The molecular formula is C9H19N3O2. The molecule has 0 radical (unpaired) electrons. The van der Waals surface area contributed by atoms with E-state index in [0.717, 1.165) is 26.2 Å². The van der Waals surface area contributed by atoms with E-state index in [9.17, 15) is 4.79 Å². The molecular weight excluding hydrogens is 182 g/mol. The summed E-state index contributed by atoms with van der Waals surface area (Å²) in [6.07, 6.45) is 0. The van der Waals surface area contributed by atoms with E-state index in [1.165, 1.54) is 0 Å². The van der Waals surface area contributed by atoms with Crippen LogP contribution in [0, 0.1) is 0 Å². The molecule has 1 unspecified atom stereocenters. The summed E-state index contributed by atoms with van der Waals surface area (Å²) < 4.78 is 0. The Hall–Kier alpha value is -0.650. The monoisotopic (exact) mass is 201 g/mol. The van der Waals surface area contributed by atoms with Crippen LogP contribution in [0.15, 0.2) is 0 Å². The fraction of sp³-hybridized carbons (Fsp3) is 0.889. The van der Waals surface area contributed by atoms with E-state index >= 15 is 0 Å². The highest BCUT2D eigenvalue weighted by molar-refractivity contribution is 5.81. The van der Waals surface area contributed by atoms with Crippen molar-refractivity contribution in [2.24, 2.45) is 5.73 Å². The minimum atomic E-state index is -0.403. The largest absolute Gasteiger partial charge is 0.395 e. The molecule has 0 aromatic heterocycles.